The molecule has 0 spiro atoms. The van der Waals surface area contributed by atoms with Crippen LogP contribution in [0.4, 0.5) is 0 Å². The van der Waals surface area contributed by atoms with Crippen molar-refractivity contribution in [3.05, 3.63) is 36.0 Å². The minimum absolute atomic E-state index is 0.645. The van der Waals surface area contributed by atoms with Crippen LogP contribution in [0.25, 0.3) is 11.3 Å². The first kappa shape index (κ1) is 15.6. The van der Waals surface area contributed by atoms with E-state index in [0.29, 0.717) is 12.5 Å². The molecule has 21 heavy (non-hydrogen) atoms. The SMILES string of the molecule is CCOc1cccc(-c2nn(C)cc2CNCC(C)C)c1. The van der Waals surface area contributed by atoms with Crippen LogP contribution >= 0.6 is 0 Å². The highest BCUT2D eigenvalue weighted by molar-refractivity contribution is 5.64. The first-order valence-corrected chi connectivity index (χ1v) is 7.56. The van der Waals surface area contributed by atoms with Crippen LogP contribution in [0.2, 0.25) is 0 Å². The lowest BCUT2D eigenvalue weighted by Crippen LogP contribution is -2.19. The third-order valence-electron chi connectivity index (χ3n) is 3.19. The molecule has 1 aromatic carbocycles. The maximum Gasteiger partial charge on any atom is 0.119 e. The minimum Gasteiger partial charge on any atom is -0.494 e. The fourth-order valence-corrected chi connectivity index (χ4v) is 2.31. The summed E-state index contributed by atoms with van der Waals surface area (Å²) in [6, 6.07) is 8.13. The Bertz CT molecular complexity index is 575. The van der Waals surface area contributed by atoms with Gasteiger partial charge in [0.05, 0.1) is 12.3 Å². The summed E-state index contributed by atoms with van der Waals surface area (Å²) in [6.07, 6.45) is 2.08. The summed E-state index contributed by atoms with van der Waals surface area (Å²) >= 11 is 0. The van der Waals surface area contributed by atoms with Gasteiger partial charge in [-0.05, 0) is 31.5 Å². The molecule has 0 atom stereocenters. The molecule has 0 unspecified atom stereocenters. The maximum absolute atomic E-state index is 5.58. The lowest BCUT2D eigenvalue weighted by Gasteiger charge is -2.08. The summed E-state index contributed by atoms with van der Waals surface area (Å²) < 4.78 is 7.45. The number of aryl methyl sites for hydroxylation is 1. The molecule has 4 nitrogen and oxygen atoms in total. The Kier molecular flexibility index (Phi) is 5.39. The van der Waals surface area contributed by atoms with Gasteiger partial charge in [-0.25, -0.2) is 0 Å². The second-order valence-electron chi connectivity index (χ2n) is 5.66. The summed E-state index contributed by atoms with van der Waals surface area (Å²) in [5.41, 5.74) is 3.34. The second-order valence-corrected chi connectivity index (χ2v) is 5.66. The number of nitrogens with zero attached hydrogens (tertiary/aromatic N) is 2. The van der Waals surface area contributed by atoms with Crippen LogP contribution in [0.15, 0.2) is 30.5 Å². The molecule has 0 amide bonds. The normalized spacial score (nSPS) is 11.1. The molecule has 0 aliphatic carbocycles. The molecular formula is C17H25N3O. The van der Waals surface area contributed by atoms with Crippen LogP contribution in [0.3, 0.4) is 0 Å². The topological polar surface area (TPSA) is 39.1 Å². The van der Waals surface area contributed by atoms with Crippen LogP contribution < -0.4 is 10.1 Å². The van der Waals surface area contributed by atoms with Crippen molar-refractivity contribution in [2.45, 2.75) is 27.3 Å². The number of ether oxygens (including phenoxy) is 1. The summed E-state index contributed by atoms with van der Waals surface area (Å²) in [5.74, 6) is 1.54. The molecule has 0 aliphatic rings. The molecule has 0 saturated heterocycles. The molecule has 0 saturated carbocycles. The van der Waals surface area contributed by atoms with Crippen molar-refractivity contribution in [2.24, 2.45) is 13.0 Å². The van der Waals surface area contributed by atoms with E-state index in [1.807, 2.05) is 30.8 Å². The Morgan fingerprint density at radius 3 is 2.86 bits per heavy atom. The highest BCUT2D eigenvalue weighted by Gasteiger charge is 2.11. The number of hydrogen-bond donors (Lipinski definition) is 1. The smallest absolute Gasteiger partial charge is 0.119 e. The molecular weight excluding hydrogens is 262 g/mol. The summed E-state index contributed by atoms with van der Waals surface area (Å²) in [6.45, 7) is 8.93. The van der Waals surface area contributed by atoms with Gasteiger partial charge in [0.2, 0.25) is 0 Å². The summed E-state index contributed by atoms with van der Waals surface area (Å²) in [5, 5.41) is 8.08. The molecule has 0 bridgehead atoms. The Labute approximate surface area is 127 Å². The van der Waals surface area contributed by atoms with Crippen LogP contribution in [-0.4, -0.2) is 22.9 Å². The molecule has 1 heterocycles. The van der Waals surface area contributed by atoms with Gasteiger partial charge in [0, 0.05) is 30.9 Å². The predicted octanol–water partition coefficient (Wildman–Crippen LogP) is 3.23. The molecule has 1 aromatic heterocycles. The van der Waals surface area contributed by atoms with E-state index in [9.17, 15) is 0 Å². The van der Waals surface area contributed by atoms with E-state index in [2.05, 4.69) is 42.6 Å². The van der Waals surface area contributed by atoms with Gasteiger partial charge < -0.3 is 10.1 Å². The fraction of sp³-hybridized carbons (Fsp3) is 0.471. The second kappa shape index (κ2) is 7.27. The Morgan fingerprint density at radius 1 is 1.33 bits per heavy atom. The third kappa shape index (κ3) is 4.33. The number of nitrogens with one attached hydrogen (secondary N) is 1. The van der Waals surface area contributed by atoms with Gasteiger partial charge in [0.25, 0.3) is 0 Å². The fourth-order valence-electron chi connectivity index (χ4n) is 2.31. The van der Waals surface area contributed by atoms with Gasteiger partial charge in [-0.1, -0.05) is 26.0 Å². The minimum atomic E-state index is 0.645. The van der Waals surface area contributed by atoms with E-state index in [4.69, 9.17) is 4.74 Å². The highest BCUT2D eigenvalue weighted by atomic mass is 16.5. The zero-order valence-electron chi connectivity index (χ0n) is 13.4. The first-order valence-electron chi connectivity index (χ1n) is 7.56. The number of rotatable bonds is 7. The molecule has 0 radical (unpaired) electrons. The Morgan fingerprint density at radius 2 is 2.14 bits per heavy atom. The van der Waals surface area contributed by atoms with Crippen molar-refractivity contribution in [1.29, 1.82) is 0 Å². The van der Waals surface area contributed by atoms with E-state index in [0.717, 1.165) is 30.1 Å². The molecule has 2 aromatic rings. The van der Waals surface area contributed by atoms with Crippen molar-refractivity contribution in [2.75, 3.05) is 13.2 Å². The van der Waals surface area contributed by atoms with E-state index < -0.39 is 0 Å². The predicted molar refractivity (Wildman–Crippen MR) is 86.4 cm³/mol. The van der Waals surface area contributed by atoms with Gasteiger partial charge in [0.15, 0.2) is 0 Å². The van der Waals surface area contributed by atoms with Crippen LogP contribution in [0, 0.1) is 5.92 Å². The molecule has 2 rings (SSSR count). The lowest BCUT2D eigenvalue weighted by atomic mass is 10.1. The molecule has 0 fully saturated rings. The van der Waals surface area contributed by atoms with Crippen molar-refractivity contribution < 1.29 is 4.74 Å². The number of aromatic nitrogens is 2. The molecule has 0 aliphatic heterocycles. The van der Waals surface area contributed by atoms with Crippen molar-refractivity contribution in [3.63, 3.8) is 0 Å². The molecule has 114 valence electrons. The van der Waals surface area contributed by atoms with Crippen molar-refractivity contribution in [1.82, 2.24) is 15.1 Å². The quantitative estimate of drug-likeness (QED) is 0.850. The van der Waals surface area contributed by atoms with Crippen LogP contribution in [0.1, 0.15) is 26.3 Å². The van der Waals surface area contributed by atoms with Crippen molar-refractivity contribution in [3.8, 4) is 17.0 Å². The Hall–Kier alpha value is -1.81. The first-order chi connectivity index (χ1) is 10.1. The highest BCUT2D eigenvalue weighted by Crippen LogP contribution is 2.25. The number of hydrogen-bond acceptors (Lipinski definition) is 3. The van der Waals surface area contributed by atoms with Crippen molar-refractivity contribution >= 4 is 0 Å². The van der Waals surface area contributed by atoms with Crippen LogP contribution in [-0.2, 0) is 13.6 Å². The standard InChI is InChI=1S/C17H25N3O/c1-5-21-16-8-6-7-14(9-16)17-15(12-20(4)19-17)11-18-10-13(2)3/h6-9,12-13,18H,5,10-11H2,1-4H3. The monoisotopic (exact) mass is 287 g/mol. The van der Waals surface area contributed by atoms with Gasteiger partial charge in [-0.15, -0.1) is 0 Å². The average molecular weight is 287 g/mol. The largest absolute Gasteiger partial charge is 0.494 e. The third-order valence-corrected chi connectivity index (χ3v) is 3.19. The van der Waals surface area contributed by atoms with Gasteiger partial charge in [-0.3, -0.25) is 4.68 Å². The van der Waals surface area contributed by atoms with Crippen LogP contribution in [0.5, 0.6) is 5.75 Å². The zero-order valence-corrected chi connectivity index (χ0v) is 13.4. The molecule has 4 heteroatoms. The zero-order chi connectivity index (χ0) is 15.2. The van der Waals surface area contributed by atoms with E-state index in [1.54, 1.807) is 0 Å². The average Bonchev–Trinajstić information content (AvgIpc) is 2.80. The summed E-state index contributed by atoms with van der Waals surface area (Å²) in [4.78, 5) is 0. The Balaban J connectivity index is 2.20. The lowest BCUT2D eigenvalue weighted by molar-refractivity contribution is 0.340. The van der Waals surface area contributed by atoms with E-state index in [-0.39, 0.29) is 0 Å². The van der Waals surface area contributed by atoms with E-state index in [1.165, 1.54) is 5.56 Å². The van der Waals surface area contributed by atoms with Gasteiger partial charge >= 0.3 is 0 Å². The maximum atomic E-state index is 5.58. The van der Waals surface area contributed by atoms with Gasteiger partial charge in [0.1, 0.15) is 5.75 Å². The summed E-state index contributed by atoms with van der Waals surface area (Å²) in [7, 11) is 1.96. The van der Waals surface area contributed by atoms with E-state index >= 15 is 0 Å². The molecule has 1 N–H and O–H groups in total. The van der Waals surface area contributed by atoms with Gasteiger partial charge in [-0.2, -0.15) is 5.10 Å². The number of benzene rings is 1.